The van der Waals surface area contributed by atoms with Gasteiger partial charge < -0.3 is 5.32 Å². The molecule has 0 aromatic carbocycles. The number of nitrogens with one attached hydrogen (secondary N) is 1. The lowest BCUT2D eigenvalue weighted by atomic mass is 9.97. The molecule has 6 nitrogen and oxygen atoms in total. The lowest BCUT2D eigenvalue weighted by Crippen LogP contribution is -2.42. The second-order valence-electron chi connectivity index (χ2n) is 6.00. The van der Waals surface area contributed by atoms with Crippen molar-refractivity contribution in [3.05, 3.63) is 23.9 Å². The molecule has 2 rings (SSSR count). The van der Waals surface area contributed by atoms with Gasteiger partial charge in [-0.2, -0.15) is 0 Å². The number of aryl methyl sites for hydroxylation is 1. The van der Waals surface area contributed by atoms with Gasteiger partial charge in [0.2, 0.25) is 15.9 Å². The van der Waals surface area contributed by atoms with Gasteiger partial charge in [0.05, 0.1) is 5.75 Å². The van der Waals surface area contributed by atoms with Gasteiger partial charge in [0.25, 0.3) is 0 Å². The Kier molecular flexibility index (Phi) is 6.12. The summed E-state index contributed by atoms with van der Waals surface area (Å²) in [7, 11) is -3.17. The molecule has 23 heavy (non-hydrogen) atoms. The van der Waals surface area contributed by atoms with E-state index in [2.05, 4.69) is 10.3 Å². The number of carbonyl (C=O) groups excluding carboxylic acids is 1. The van der Waals surface area contributed by atoms with Crippen LogP contribution in [0.1, 0.15) is 38.3 Å². The van der Waals surface area contributed by atoms with E-state index in [1.165, 1.54) is 4.31 Å². The molecule has 1 aliphatic heterocycles. The summed E-state index contributed by atoms with van der Waals surface area (Å²) in [6.07, 6.45) is 2.66. The first-order chi connectivity index (χ1) is 10.9. The van der Waals surface area contributed by atoms with E-state index in [1.54, 1.807) is 6.07 Å². The molecule has 2 heterocycles. The summed E-state index contributed by atoms with van der Waals surface area (Å²) in [5.41, 5.74) is 0.847. The molecule has 0 saturated carbocycles. The van der Waals surface area contributed by atoms with Crippen LogP contribution >= 0.6 is 0 Å². The second-order valence-corrected chi connectivity index (χ2v) is 8.08. The van der Waals surface area contributed by atoms with Crippen molar-refractivity contribution in [2.24, 2.45) is 5.92 Å². The number of pyridine rings is 1. The van der Waals surface area contributed by atoms with Crippen LogP contribution in [0.4, 0.5) is 5.82 Å². The van der Waals surface area contributed by atoms with Crippen molar-refractivity contribution in [2.75, 3.05) is 24.2 Å². The Morgan fingerprint density at radius 2 is 2.04 bits per heavy atom. The van der Waals surface area contributed by atoms with Gasteiger partial charge in [0.15, 0.2) is 0 Å². The standard InChI is InChI=1S/C16H25N3O3S/c1-3-4-12-23(21,22)19-10-8-14(9-11-19)16(20)18-15-7-5-6-13(2)17-15/h5-7,14H,3-4,8-12H2,1-2H3,(H,17,18,20). The molecule has 0 aliphatic carbocycles. The number of piperidine rings is 1. The number of rotatable bonds is 6. The molecule has 7 heteroatoms. The first-order valence-electron chi connectivity index (χ1n) is 8.14. The normalized spacial score (nSPS) is 17.1. The first kappa shape index (κ1) is 17.9. The van der Waals surface area contributed by atoms with Crippen LogP contribution in [0, 0.1) is 12.8 Å². The van der Waals surface area contributed by atoms with Crippen LogP contribution in [0.15, 0.2) is 18.2 Å². The highest BCUT2D eigenvalue weighted by Gasteiger charge is 2.30. The maximum atomic E-state index is 12.3. The van der Waals surface area contributed by atoms with Crippen LogP contribution in [-0.2, 0) is 14.8 Å². The molecule has 1 aromatic heterocycles. The van der Waals surface area contributed by atoms with Crippen LogP contribution in [0.25, 0.3) is 0 Å². The zero-order chi connectivity index (χ0) is 16.9. The minimum Gasteiger partial charge on any atom is -0.310 e. The number of hydrogen-bond donors (Lipinski definition) is 1. The van der Waals surface area contributed by atoms with E-state index in [0.29, 0.717) is 38.2 Å². The van der Waals surface area contributed by atoms with Crippen LogP contribution in [-0.4, -0.2) is 42.5 Å². The van der Waals surface area contributed by atoms with E-state index in [4.69, 9.17) is 0 Å². The fourth-order valence-corrected chi connectivity index (χ4v) is 4.37. The highest BCUT2D eigenvalue weighted by atomic mass is 32.2. The molecule has 0 radical (unpaired) electrons. The molecule has 0 unspecified atom stereocenters. The average molecular weight is 339 g/mol. The number of hydrogen-bond acceptors (Lipinski definition) is 4. The predicted molar refractivity (Wildman–Crippen MR) is 90.6 cm³/mol. The molecular formula is C16H25N3O3S. The monoisotopic (exact) mass is 339 g/mol. The molecule has 1 aliphatic rings. The number of amides is 1. The Morgan fingerprint density at radius 3 is 2.65 bits per heavy atom. The fourth-order valence-electron chi connectivity index (χ4n) is 2.69. The van der Waals surface area contributed by atoms with Crippen LogP contribution < -0.4 is 5.32 Å². The van der Waals surface area contributed by atoms with Gasteiger partial charge in [-0.05, 0) is 38.3 Å². The summed E-state index contributed by atoms with van der Waals surface area (Å²) in [4.78, 5) is 16.5. The van der Waals surface area contributed by atoms with Crippen LogP contribution in [0.2, 0.25) is 0 Å². The van der Waals surface area contributed by atoms with Crippen LogP contribution in [0.3, 0.4) is 0 Å². The van der Waals surface area contributed by atoms with Crippen molar-refractivity contribution in [2.45, 2.75) is 39.5 Å². The number of nitrogens with zero attached hydrogens (tertiary/aromatic N) is 2. The van der Waals surface area contributed by atoms with Gasteiger partial charge >= 0.3 is 0 Å². The minimum absolute atomic E-state index is 0.0753. The summed E-state index contributed by atoms with van der Waals surface area (Å²) in [6, 6.07) is 5.48. The summed E-state index contributed by atoms with van der Waals surface area (Å²) in [6.45, 7) is 4.69. The van der Waals surface area contributed by atoms with E-state index in [1.807, 2.05) is 26.0 Å². The molecule has 0 atom stereocenters. The summed E-state index contributed by atoms with van der Waals surface area (Å²) >= 11 is 0. The minimum atomic E-state index is -3.17. The fraction of sp³-hybridized carbons (Fsp3) is 0.625. The van der Waals surface area contributed by atoms with Crippen molar-refractivity contribution < 1.29 is 13.2 Å². The summed E-state index contributed by atoms with van der Waals surface area (Å²) in [5, 5.41) is 2.82. The molecule has 1 amide bonds. The Bertz CT molecular complexity index is 638. The Balaban J connectivity index is 1.87. The number of aromatic nitrogens is 1. The largest absolute Gasteiger partial charge is 0.310 e. The average Bonchev–Trinajstić information content (AvgIpc) is 2.53. The highest BCUT2D eigenvalue weighted by molar-refractivity contribution is 7.89. The third-order valence-electron chi connectivity index (χ3n) is 4.11. The van der Waals surface area contributed by atoms with Gasteiger partial charge in [-0.3, -0.25) is 4.79 Å². The zero-order valence-electron chi connectivity index (χ0n) is 13.8. The second kappa shape index (κ2) is 7.88. The van der Waals surface area contributed by atoms with E-state index < -0.39 is 10.0 Å². The molecule has 0 spiro atoms. The number of anilines is 1. The predicted octanol–water partition coefficient (Wildman–Crippen LogP) is 2.17. The van der Waals surface area contributed by atoms with E-state index in [-0.39, 0.29) is 17.6 Å². The van der Waals surface area contributed by atoms with Gasteiger partial charge in [-0.15, -0.1) is 0 Å². The summed E-state index contributed by atoms with van der Waals surface area (Å²) < 4.78 is 25.9. The van der Waals surface area contributed by atoms with Gasteiger partial charge in [0.1, 0.15) is 5.82 Å². The van der Waals surface area contributed by atoms with Crippen molar-refractivity contribution >= 4 is 21.7 Å². The lowest BCUT2D eigenvalue weighted by molar-refractivity contribution is -0.120. The van der Waals surface area contributed by atoms with E-state index in [0.717, 1.165) is 12.1 Å². The smallest absolute Gasteiger partial charge is 0.228 e. The molecule has 128 valence electrons. The number of unbranched alkanes of at least 4 members (excludes halogenated alkanes) is 1. The lowest BCUT2D eigenvalue weighted by Gasteiger charge is -2.30. The molecular weight excluding hydrogens is 314 g/mol. The van der Waals surface area contributed by atoms with Crippen molar-refractivity contribution in [1.29, 1.82) is 0 Å². The molecule has 1 N–H and O–H groups in total. The zero-order valence-corrected chi connectivity index (χ0v) is 14.6. The van der Waals surface area contributed by atoms with Gasteiger partial charge in [-0.1, -0.05) is 19.4 Å². The highest BCUT2D eigenvalue weighted by Crippen LogP contribution is 2.21. The first-order valence-corrected chi connectivity index (χ1v) is 9.75. The molecule has 1 aromatic rings. The van der Waals surface area contributed by atoms with Crippen molar-refractivity contribution in [3.8, 4) is 0 Å². The van der Waals surface area contributed by atoms with Crippen LogP contribution in [0.5, 0.6) is 0 Å². The van der Waals surface area contributed by atoms with Gasteiger partial charge in [0, 0.05) is 24.7 Å². The number of carbonyl (C=O) groups is 1. The molecule has 1 saturated heterocycles. The molecule has 1 fully saturated rings. The maximum Gasteiger partial charge on any atom is 0.228 e. The third kappa shape index (κ3) is 5.00. The quantitative estimate of drug-likeness (QED) is 0.861. The molecule has 0 bridgehead atoms. The van der Waals surface area contributed by atoms with E-state index in [9.17, 15) is 13.2 Å². The third-order valence-corrected chi connectivity index (χ3v) is 6.07. The van der Waals surface area contributed by atoms with Gasteiger partial charge in [-0.25, -0.2) is 17.7 Å². The maximum absolute atomic E-state index is 12.3. The number of sulfonamides is 1. The Morgan fingerprint density at radius 1 is 1.35 bits per heavy atom. The Labute approximate surface area is 138 Å². The van der Waals surface area contributed by atoms with Crippen molar-refractivity contribution in [1.82, 2.24) is 9.29 Å². The van der Waals surface area contributed by atoms with Crippen molar-refractivity contribution in [3.63, 3.8) is 0 Å². The van der Waals surface area contributed by atoms with E-state index >= 15 is 0 Å². The SMILES string of the molecule is CCCCS(=O)(=O)N1CCC(C(=O)Nc2cccc(C)n2)CC1. The Hall–Kier alpha value is -1.47. The topological polar surface area (TPSA) is 79.4 Å². The summed E-state index contributed by atoms with van der Waals surface area (Å²) in [5.74, 6) is 0.518.